The number of carboxylic acid groups (broad SMARTS) is 1. The van der Waals surface area contributed by atoms with Gasteiger partial charge in [-0.3, -0.25) is 9.59 Å². The van der Waals surface area contributed by atoms with E-state index in [-0.39, 0.29) is 17.9 Å². The molecular formula is C14H23NO4. The van der Waals surface area contributed by atoms with Gasteiger partial charge in [-0.2, -0.15) is 0 Å². The molecule has 2 aliphatic rings. The lowest BCUT2D eigenvalue weighted by Crippen LogP contribution is -2.40. The topological polar surface area (TPSA) is 75.6 Å². The van der Waals surface area contributed by atoms with Crippen molar-refractivity contribution in [3.05, 3.63) is 0 Å². The first-order chi connectivity index (χ1) is 9.08. The quantitative estimate of drug-likeness (QED) is 0.809. The Bertz CT molecular complexity index is 338. The number of rotatable bonds is 4. The summed E-state index contributed by atoms with van der Waals surface area (Å²) in [5, 5.41) is 12.0. The van der Waals surface area contributed by atoms with Crippen LogP contribution in [0.5, 0.6) is 0 Å². The van der Waals surface area contributed by atoms with Gasteiger partial charge in [-0.25, -0.2) is 0 Å². The van der Waals surface area contributed by atoms with Gasteiger partial charge in [-0.1, -0.05) is 6.92 Å². The summed E-state index contributed by atoms with van der Waals surface area (Å²) >= 11 is 0. The molecule has 1 aliphatic heterocycles. The van der Waals surface area contributed by atoms with Gasteiger partial charge in [0.05, 0.1) is 17.9 Å². The Morgan fingerprint density at radius 3 is 2.63 bits per heavy atom. The Kier molecular flexibility index (Phi) is 4.80. The van der Waals surface area contributed by atoms with Crippen molar-refractivity contribution in [1.82, 2.24) is 5.32 Å². The van der Waals surface area contributed by atoms with E-state index in [1.807, 2.05) is 6.92 Å². The molecule has 1 heterocycles. The normalized spacial score (nSPS) is 35.0. The molecule has 1 amide bonds. The summed E-state index contributed by atoms with van der Waals surface area (Å²) in [6.07, 6.45) is 4.58. The first kappa shape index (κ1) is 14.3. The zero-order chi connectivity index (χ0) is 13.8. The van der Waals surface area contributed by atoms with Crippen LogP contribution in [0.25, 0.3) is 0 Å². The molecule has 2 rings (SSSR count). The third kappa shape index (κ3) is 3.69. The third-order valence-electron chi connectivity index (χ3n) is 4.23. The van der Waals surface area contributed by atoms with E-state index in [4.69, 9.17) is 9.84 Å². The van der Waals surface area contributed by atoms with Crippen LogP contribution in [0.4, 0.5) is 0 Å². The van der Waals surface area contributed by atoms with Crippen molar-refractivity contribution < 1.29 is 19.4 Å². The lowest BCUT2D eigenvalue weighted by Gasteiger charge is -2.24. The maximum absolute atomic E-state index is 12.1. The summed E-state index contributed by atoms with van der Waals surface area (Å²) in [6.45, 7) is 3.28. The van der Waals surface area contributed by atoms with Crippen molar-refractivity contribution in [3.8, 4) is 0 Å². The number of hydrogen-bond acceptors (Lipinski definition) is 3. The van der Waals surface area contributed by atoms with Gasteiger partial charge >= 0.3 is 5.97 Å². The molecular weight excluding hydrogens is 246 g/mol. The number of carbonyl (C=O) groups excluding carboxylic acids is 1. The minimum absolute atomic E-state index is 0.0970. The van der Waals surface area contributed by atoms with Crippen molar-refractivity contribution in [1.29, 1.82) is 0 Å². The highest BCUT2D eigenvalue weighted by atomic mass is 16.5. The fourth-order valence-corrected chi connectivity index (χ4v) is 3.17. The van der Waals surface area contributed by atoms with E-state index in [0.717, 1.165) is 25.9 Å². The molecule has 0 aromatic rings. The summed E-state index contributed by atoms with van der Waals surface area (Å²) in [6, 6.07) is 0. The maximum atomic E-state index is 12.1. The summed E-state index contributed by atoms with van der Waals surface area (Å²) in [7, 11) is 0. The Morgan fingerprint density at radius 2 is 2.00 bits per heavy atom. The summed E-state index contributed by atoms with van der Waals surface area (Å²) < 4.78 is 5.56. The fourth-order valence-electron chi connectivity index (χ4n) is 3.17. The lowest BCUT2D eigenvalue weighted by molar-refractivity contribution is -0.146. The maximum Gasteiger partial charge on any atom is 0.307 e. The molecule has 1 saturated carbocycles. The first-order valence-electron chi connectivity index (χ1n) is 7.20. The number of aliphatic carboxylic acids is 1. The number of nitrogens with one attached hydrogen (secondary N) is 1. The van der Waals surface area contributed by atoms with E-state index >= 15 is 0 Å². The highest BCUT2D eigenvalue weighted by Crippen LogP contribution is 2.36. The average Bonchev–Trinajstić information content (AvgIpc) is 2.79. The molecule has 2 fully saturated rings. The van der Waals surface area contributed by atoms with Crippen molar-refractivity contribution in [2.45, 2.75) is 45.1 Å². The van der Waals surface area contributed by atoms with Crippen LogP contribution in [0, 0.1) is 17.8 Å². The van der Waals surface area contributed by atoms with Gasteiger partial charge in [0.25, 0.3) is 0 Å². The van der Waals surface area contributed by atoms with Crippen molar-refractivity contribution in [3.63, 3.8) is 0 Å². The predicted octanol–water partition coefficient (Wildman–Crippen LogP) is 1.42. The zero-order valence-corrected chi connectivity index (χ0v) is 11.4. The third-order valence-corrected chi connectivity index (χ3v) is 4.23. The van der Waals surface area contributed by atoms with E-state index in [0.29, 0.717) is 25.3 Å². The Labute approximate surface area is 113 Å². The molecule has 2 N–H and O–H groups in total. The van der Waals surface area contributed by atoms with Crippen LogP contribution in [0.1, 0.15) is 39.0 Å². The SMILES string of the molecule is CC1CC(C(=O)O)C(C(=O)NCC2CCCCO2)C1. The Balaban J connectivity index is 1.82. The second-order valence-electron chi connectivity index (χ2n) is 5.86. The molecule has 5 nitrogen and oxygen atoms in total. The minimum Gasteiger partial charge on any atom is -0.481 e. The summed E-state index contributed by atoms with van der Waals surface area (Å²) in [5.74, 6) is -1.56. The predicted molar refractivity (Wildman–Crippen MR) is 69.6 cm³/mol. The zero-order valence-electron chi connectivity index (χ0n) is 11.4. The molecule has 0 radical (unpaired) electrons. The van der Waals surface area contributed by atoms with E-state index in [2.05, 4.69) is 5.32 Å². The van der Waals surface area contributed by atoms with Crippen LogP contribution in [0.3, 0.4) is 0 Å². The largest absolute Gasteiger partial charge is 0.481 e. The molecule has 4 atom stereocenters. The molecule has 1 aliphatic carbocycles. The summed E-state index contributed by atoms with van der Waals surface area (Å²) in [4.78, 5) is 23.3. The molecule has 0 aromatic carbocycles. The van der Waals surface area contributed by atoms with Crippen LogP contribution in [-0.2, 0) is 14.3 Å². The molecule has 0 spiro atoms. The van der Waals surface area contributed by atoms with Crippen LogP contribution < -0.4 is 5.32 Å². The highest BCUT2D eigenvalue weighted by Gasteiger charge is 2.41. The molecule has 5 heteroatoms. The van der Waals surface area contributed by atoms with Gasteiger partial charge in [0.1, 0.15) is 0 Å². The Morgan fingerprint density at radius 1 is 1.26 bits per heavy atom. The van der Waals surface area contributed by atoms with Crippen molar-refractivity contribution >= 4 is 11.9 Å². The Hall–Kier alpha value is -1.10. The van der Waals surface area contributed by atoms with Gasteiger partial charge in [-0.05, 0) is 38.0 Å². The molecule has 4 unspecified atom stereocenters. The molecule has 1 saturated heterocycles. The van der Waals surface area contributed by atoms with E-state index in [1.54, 1.807) is 0 Å². The number of carbonyl (C=O) groups is 2. The number of ether oxygens (including phenoxy) is 1. The number of amides is 1. The monoisotopic (exact) mass is 269 g/mol. The second kappa shape index (κ2) is 6.37. The summed E-state index contributed by atoms with van der Waals surface area (Å²) in [5.41, 5.74) is 0. The highest BCUT2D eigenvalue weighted by molar-refractivity contribution is 5.85. The van der Waals surface area contributed by atoms with E-state index < -0.39 is 11.9 Å². The molecule has 19 heavy (non-hydrogen) atoms. The standard InChI is InChI=1S/C14H23NO4/c1-9-6-11(12(7-9)14(17)18)13(16)15-8-10-4-2-3-5-19-10/h9-12H,2-8H2,1H3,(H,15,16)(H,17,18). The second-order valence-corrected chi connectivity index (χ2v) is 5.86. The van der Waals surface area contributed by atoms with Gasteiger partial charge in [-0.15, -0.1) is 0 Å². The van der Waals surface area contributed by atoms with Crippen LogP contribution in [0.15, 0.2) is 0 Å². The van der Waals surface area contributed by atoms with Gasteiger partial charge < -0.3 is 15.2 Å². The smallest absolute Gasteiger partial charge is 0.307 e. The lowest BCUT2D eigenvalue weighted by atomic mass is 9.95. The number of carboxylic acids is 1. The van der Waals surface area contributed by atoms with Crippen molar-refractivity contribution in [2.75, 3.05) is 13.2 Å². The van der Waals surface area contributed by atoms with Gasteiger partial charge in [0.2, 0.25) is 5.91 Å². The molecule has 0 aromatic heterocycles. The number of hydrogen-bond donors (Lipinski definition) is 2. The first-order valence-corrected chi connectivity index (χ1v) is 7.20. The van der Waals surface area contributed by atoms with Gasteiger partial charge in [0.15, 0.2) is 0 Å². The van der Waals surface area contributed by atoms with E-state index in [9.17, 15) is 9.59 Å². The van der Waals surface area contributed by atoms with Crippen LogP contribution in [-0.4, -0.2) is 36.2 Å². The van der Waals surface area contributed by atoms with Gasteiger partial charge in [0, 0.05) is 13.2 Å². The average molecular weight is 269 g/mol. The van der Waals surface area contributed by atoms with Crippen LogP contribution >= 0.6 is 0 Å². The fraction of sp³-hybridized carbons (Fsp3) is 0.857. The molecule has 108 valence electrons. The minimum atomic E-state index is -0.849. The van der Waals surface area contributed by atoms with Crippen LogP contribution in [0.2, 0.25) is 0 Å². The van der Waals surface area contributed by atoms with Crippen molar-refractivity contribution in [2.24, 2.45) is 17.8 Å². The molecule has 0 bridgehead atoms. The van der Waals surface area contributed by atoms with E-state index in [1.165, 1.54) is 0 Å².